The zero-order chi connectivity index (χ0) is 37.9. The maximum atomic E-state index is 14.6. The average molecular weight is 882 g/mol. The van der Waals surface area contributed by atoms with E-state index in [0.29, 0.717) is 23.7 Å². The van der Waals surface area contributed by atoms with E-state index in [1.807, 2.05) is 127 Å². The van der Waals surface area contributed by atoms with E-state index in [2.05, 4.69) is 0 Å². The second-order valence-corrected chi connectivity index (χ2v) is 16.4. The molecule has 0 unspecified atom stereocenters. The Labute approximate surface area is 330 Å². The van der Waals surface area contributed by atoms with E-state index in [1.165, 1.54) is 0 Å². The third kappa shape index (κ3) is 16.5. The largest absolute Gasteiger partial charge is 3.00 e. The van der Waals surface area contributed by atoms with Crippen LogP contribution in [0, 0.1) is 92.0 Å². The van der Waals surface area contributed by atoms with Crippen LogP contribution < -0.4 is 15.3 Å². The van der Waals surface area contributed by atoms with Crippen LogP contribution in [-0.4, -0.2) is 15.3 Å². The average Bonchev–Trinajstić information content (AvgIpc) is 3.08. The summed E-state index contributed by atoms with van der Waals surface area (Å²) in [5.74, 6) is 0. The van der Waals surface area contributed by atoms with Gasteiger partial charge in [0, 0.05) is 35.1 Å². The Hall–Kier alpha value is -4.76. The molecule has 1 radical (unpaired) electrons. The Morgan fingerprint density at radius 2 is 0.673 bits per heavy atom. The number of pyridine rings is 1. The van der Waals surface area contributed by atoms with Gasteiger partial charge in [-0.3, -0.25) is 0 Å². The molecule has 0 saturated carbocycles. The molecule has 1 aromatic heterocycles. The van der Waals surface area contributed by atoms with Crippen molar-refractivity contribution in [3.05, 3.63) is 213 Å². The summed E-state index contributed by atoms with van der Waals surface area (Å²) in [6.45, 7) is 0. The van der Waals surface area contributed by atoms with Crippen LogP contribution in [0.3, 0.4) is 0 Å². The van der Waals surface area contributed by atoms with E-state index >= 15 is 0 Å². The SMILES string of the molecule is O=[N+]([O-])[O-].O=[N+]([O-])[O-].O=[N+]([O-])[O-].O=[P@](Cc1ccccc1)(Cc1cccc(C[P@@](=O)(Cc2ccccc2)c2ccccc2)[n+]1[O-])c1ccccc1.[Nd+3]. The molecule has 1 heterocycles. The number of nitrogens with zero attached hydrogens (tertiary/aromatic N) is 4. The molecule has 0 aliphatic carbocycles. The molecule has 19 heteroatoms. The molecule has 269 valence electrons. The minimum atomic E-state index is -3.02. The van der Waals surface area contributed by atoms with Gasteiger partial charge in [0.15, 0.2) is 0 Å². The van der Waals surface area contributed by atoms with Crippen molar-refractivity contribution in [2.75, 3.05) is 0 Å². The van der Waals surface area contributed by atoms with Gasteiger partial charge < -0.3 is 60.3 Å². The van der Waals surface area contributed by atoms with Gasteiger partial charge in [0.2, 0.25) is 11.4 Å². The van der Waals surface area contributed by atoms with Gasteiger partial charge in [0.05, 0.1) is 27.6 Å². The van der Waals surface area contributed by atoms with Crippen LogP contribution in [0.2, 0.25) is 0 Å². The van der Waals surface area contributed by atoms with Gasteiger partial charge in [-0.15, -0.1) is 0 Å². The first-order chi connectivity index (χ1) is 24.1. The number of aromatic nitrogens is 1. The summed E-state index contributed by atoms with van der Waals surface area (Å²) >= 11 is 0. The molecule has 0 saturated heterocycles. The first-order valence-corrected chi connectivity index (χ1v) is 18.8. The van der Waals surface area contributed by atoms with Crippen molar-refractivity contribution in [2.24, 2.45) is 0 Å². The smallest absolute Gasteiger partial charge is 0.618 e. The Bertz CT molecular complexity index is 1790. The van der Waals surface area contributed by atoms with E-state index in [9.17, 15) is 14.3 Å². The van der Waals surface area contributed by atoms with Crippen molar-refractivity contribution in [1.82, 2.24) is 0 Å². The van der Waals surface area contributed by atoms with Crippen molar-refractivity contribution in [3.63, 3.8) is 0 Å². The summed E-state index contributed by atoms with van der Waals surface area (Å²) in [5, 5.41) is 59.5. The van der Waals surface area contributed by atoms with Crippen molar-refractivity contribution in [2.45, 2.75) is 24.6 Å². The Kier molecular flexibility index (Phi) is 20.0. The molecule has 4 aromatic carbocycles. The minimum absolute atomic E-state index is 0. The topological polar surface area (TPSA) is 260 Å². The number of benzene rings is 4. The zero-order valence-corrected chi connectivity index (χ0v) is 32.2. The third-order valence-electron chi connectivity index (χ3n) is 6.95. The molecular weight excluding hydrogens is 851 g/mol. The normalized spacial score (nSPS) is 12.1. The molecule has 0 aliphatic heterocycles. The Balaban J connectivity index is 0.000000909. The van der Waals surface area contributed by atoms with Crippen LogP contribution in [0.15, 0.2) is 140 Å². The zero-order valence-electron chi connectivity index (χ0n) is 27.2. The number of hydrogen-bond acceptors (Lipinski definition) is 12. The van der Waals surface area contributed by atoms with Crippen molar-refractivity contribution >= 4 is 24.9 Å². The summed E-state index contributed by atoms with van der Waals surface area (Å²) in [4.78, 5) is 24.8. The van der Waals surface area contributed by atoms with Gasteiger partial charge in [-0.1, -0.05) is 121 Å². The Morgan fingerprint density at radius 3 is 0.942 bits per heavy atom. The molecule has 5 rings (SSSR count). The molecule has 0 spiro atoms. The summed E-state index contributed by atoms with van der Waals surface area (Å²) in [6, 6.07) is 43.7. The minimum Gasteiger partial charge on any atom is -0.618 e. The first-order valence-electron chi connectivity index (χ1n) is 14.7. The van der Waals surface area contributed by atoms with Crippen LogP contribution in [0.5, 0.6) is 0 Å². The molecule has 16 nitrogen and oxygen atoms in total. The maximum Gasteiger partial charge on any atom is 3.00 e. The fourth-order valence-electron chi connectivity index (χ4n) is 4.98. The fourth-order valence-corrected chi connectivity index (χ4v) is 10.5. The van der Waals surface area contributed by atoms with E-state index in [0.717, 1.165) is 26.5 Å². The molecule has 0 bridgehead atoms. The van der Waals surface area contributed by atoms with Gasteiger partial charge in [-0.2, -0.15) is 4.73 Å². The van der Waals surface area contributed by atoms with Gasteiger partial charge in [-0.25, -0.2) is 0 Å². The predicted octanol–water partition coefficient (Wildman–Crippen LogP) is 6.38. The molecule has 0 fully saturated rings. The van der Waals surface area contributed by atoms with Gasteiger partial charge >= 0.3 is 40.8 Å². The van der Waals surface area contributed by atoms with Gasteiger partial charge in [0.25, 0.3) is 0 Å². The Morgan fingerprint density at radius 1 is 0.423 bits per heavy atom. The fraction of sp³-hybridized carbons (Fsp3) is 0.121. The van der Waals surface area contributed by atoms with Gasteiger partial charge in [-0.05, 0) is 17.2 Å². The van der Waals surface area contributed by atoms with Crippen LogP contribution in [-0.2, 0) is 33.8 Å². The van der Waals surface area contributed by atoms with Crippen LogP contribution in [0.25, 0.3) is 0 Å². The molecule has 52 heavy (non-hydrogen) atoms. The maximum absolute atomic E-state index is 14.6. The molecular formula is C33H31N4NdO12P2. The quantitative estimate of drug-likeness (QED) is 0.0487. The molecule has 2 atom stereocenters. The summed E-state index contributed by atoms with van der Waals surface area (Å²) < 4.78 is 30.0. The van der Waals surface area contributed by atoms with Crippen molar-refractivity contribution < 1.29 is 70.0 Å². The monoisotopic (exact) mass is 879 g/mol. The summed E-state index contributed by atoms with van der Waals surface area (Å²) in [7, 11) is -6.03. The second kappa shape index (κ2) is 22.9. The van der Waals surface area contributed by atoms with Gasteiger partial charge in [0.1, 0.15) is 14.3 Å². The molecule has 5 aromatic rings. The first kappa shape index (κ1) is 45.3. The predicted molar refractivity (Wildman–Crippen MR) is 192 cm³/mol. The van der Waals surface area contributed by atoms with E-state index in [4.69, 9.17) is 46.0 Å². The number of hydrogen-bond donors (Lipinski definition) is 0. The van der Waals surface area contributed by atoms with Crippen LogP contribution >= 0.6 is 14.3 Å². The van der Waals surface area contributed by atoms with E-state index < -0.39 is 29.5 Å². The number of rotatable bonds is 10. The van der Waals surface area contributed by atoms with E-state index in [1.54, 1.807) is 12.1 Å². The second-order valence-electron chi connectivity index (χ2n) is 10.5. The molecule has 0 amide bonds. The summed E-state index contributed by atoms with van der Waals surface area (Å²) in [5.41, 5.74) is 2.79. The van der Waals surface area contributed by atoms with Crippen LogP contribution in [0.1, 0.15) is 22.5 Å². The third-order valence-corrected chi connectivity index (χ3v) is 12.8. The standard InChI is InChI=1S/C33H31NO3P2.3NO3.Nd/c35-34-30(26-38(36,32-20-9-3-10-21-32)24-28-14-5-1-6-15-28)18-13-19-31(34)27-39(37,33-22-11-4-12-23-33)25-29-16-7-2-8-17-29;3*2-1(3)4;/h1-23H,24-27H2;;;;/q;3*-1;+3/t38-,39+;;;;. The molecule has 0 N–H and O–H groups in total. The van der Waals surface area contributed by atoms with Crippen LogP contribution in [0.4, 0.5) is 0 Å². The van der Waals surface area contributed by atoms with Crippen molar-refractivity contribution in [3.8, 4) is 0 Å². The summed E-state index contributed by atoms with van der Waals surface area (Å²) in [6.07, 6.45) is 0.965. The molecule has 0 aliphatic rings. The van der Waals surface area contributed by atoms with Crippen molar-refractivity contribution in [1.29, 1.82) is 0 Å². The van der Waals surface area contributed by atoms with E-state index in [-0.39, 0.29) is 53.2 Å².